The predicted octanol–water partition coefficient (Wildman–Crippen LogP) is 5.18. The minimum absolute atomic E-state index is 0.561. The third-order valence-electron chi connectivity index (χ3n) is 3.61. The number of anilines is 1. The van der Waals surface area contributed by atoms with Crippen LogP contribution in [0.4, 0.5) is 5.82 Å². The molecule has 0 spiro atoms. The van der Waals surface area contributed by atoms with Gasteiger partial charge in [-0.15, -0.1) is 0 Å². The highest BCUT2D eigenvalue weighted by atomic mass is 79.9. The molecule has 0 aliphatic heterocycles. The number of aryl methyl sites for hydroxylation is 1. The molecular weight excluding hydrogens is 350 g/mol. The third kappa shape index (κ3) is 3.06. The van der Waals surface area contributed by atoms with E-state index in [0.717, 1.165) is 44.5 Å². The molecule has 110 valence electrons. The van der Waals surface area contributed by atoms with Crippen molar-refractivity contribution in [1.82, 2.24) is 9.97 Å². The summed E-state index contributed by atoms with van der Waals surface area (Å²) in [5.41, 5.74) is 3.24. The Balaban J connectivity index is 2.13. The van der Waals surface area contributed by atoms with E-state index in [0.29, 0.717) is 5.92 Å². The quantitative estimate of drug-likeness (QED) is 0.810. The average molecular weight is 367 g/mol. The first kappa shape index (κ1) is 14.8. The molecule has 0 bridgehead atoms. The van der Waals surface area contributed by atoms with Gasteiger partial charge in [0.15, 0.2) is 5.82 Å². The van der Waals surface area contributed by atoms with Gasteiger partial charge in [-0.2, -0.15) is 0 Å². The molecule has 2 aromatic rings. The first-order valence-corrected chi connectivity index (χ1v) is 8.35. The summed E-state index contributed by atoms with van der Waals surface area (Å²) >= 11 is 9.69. The fourth-order valence-electron chi connectivity index (χ4n) is 2.37. The number of aromatic nitrogens is 2. The molecule has 1 heterocycles. The molecule has 1 aromatic carbocycles. The second kappa shape index (κ2) is 5.93. The smallest absolute Gasteiger partial charge is 0.162 e. The van der Waals surface area contributed by atoms with E-state index >= 15 is 0 Å². The molecule has 0 radical (unpaired) electrons. The van der Waals surface area contributed by atoms with E-state index in [2.05, 4.69) is 33.2 Å². The van der Waals surface area contributed by atoms with Gasteiger partial charge in [0.2, 0.25) is 0 Å². The van der Waals surface area contributed by atoms with Crippen LogP contribution in [0, 0.1) is 6.92 Å². The summed E-state index contributed by atoms with van der Waals surface area (Å²) < 4.78 is 1.00. The zero-order valence-corrected chi connectivity index (χ0v) is 14.4. The van der Waals surface area contributed by atoms with Crippen molar-refractivity contribution in [2.45, 2.75) is 32.6 Å². The van der Waals surface area contributed by atoms with Gasteiger partial charge in [-0.05, 0) is 66.4 Å². The maximum atomic E-state index is 6.04. The molecule has 1 fully saturated rings. The summed E-state index contributed by atoms with van der Waals surface area (Å²) in [5.74, 6) is 2.20. The van der Waals surface area contributed by atoms with Crippen LogP contribution in [0.2, 0.25) is 5.02 Å². The number of hydrogen-bond donors (Lipinski definition) is 1. The standard InChI is InChI=1S/C16H17BrClN3/c1-3-19-16-13(17)14(10-4-5-10)20-15(21-16)12-7-6-11(18)8-9(12)2/h6-8,10H,3-5H2,1-2H3,(H,19,20,21). The SMILES string of the molecule is CCNc1nc(-c2ccc(Cl)cc2C)nc(C2CC2)c1Br. The zero-order valence-electron chi connectivity index (χ0n) is 12.1. The van der Waals surface area contributed by atoms with E-state index in [9.17, 15) is 0 Å². The lowest BCUT2D eigenvalue weighted by atomic mass is 10.1. The van der Waals surface area contributed by atoms with Crippen LogP contribution in [-0.2, 0) is 0 Å². The van der Waals surface area contributed by atoms with Crippen molar-refractivity contribution in [2.24, 2.45) is 0 Å². The van der Waals surface area contributed by atoms with E-state index in [1.807, 2.05) is 25.1 Å². The van der Waals surface area contributed by atoms with Crippen LogP contribution < -0.4 is 5.32 Å². The molecule has 0 amide bonds. The Morgan fingerprint density at radius 3 is 2.71 bits per heavy atom. The molecule has 1 aliphatic carbocycles. The van der Waals surface area contributed by atoms with Crippen LogP contribution in [-0.4, -0.2) is 16.5 Å². The highest BCUT2D eigenvalue weighted by molar-refractivity contribution is 9.10. The van der Waals surface area contributed by atoms with E-state index in [4.69, 9.17) is 16.6 Å². The predicted molar refractivity (Wildman–Crippen MR) is 91.1 cm³/mol. The van der Waals surface area contributed by atoms with Crippen molar-refractivity contribution < 1.29 is 0 Å². The summed E-state index contributed by atoms with van der Waals surface area (Å²) in [4.78, 5) is 9.48. The molecule has 0 atom stereocenters. The molecule has 0 saturated heterocycles. The van der Waals surface area contributed by atoms with Gasteiger partial charge in [0.05, 0.1) is 10.2 Å². The van der Waals surface area contributed by atoms with E-state index in [1.165, 1.54) is 12.8 Å². The third-order valence-corrected chi connectivity index (χ3v) is 4.63. The first-order chi connectivity index (χ1) is 10.1. The average Bonchev–Trinajstić information content (AvgIpc) is 3.26. The van der Waals surface area contributed by atoms with Gasteiger partial charge in [0.25, 0.3) is 0 Å². The molecule has 3 nitrogen and oxygen atoms in total. The van der Waals surface area contributed by atoms with Gasteiger partial charge < -0.3 is 5.32 Å². The molecule has 0 unspecified atom stereocenters. The number of hydrogen-bond acceptors (Lipinski definition) is 3. The molecule has 21 heavy (non-hydrogen) atoms. The minimum atomic E-state index is 0.561. The van der Waals surface area contributed by atoms with Crippen molar-refractivity contribution in [1.29, 1.82) is 0 Å². The Morgan fingerprint density at radius 2 is 2.10 bits per heavy atom. The minimum Gasteiger partial charge on any atom is -0.369 e. The highest BCUT2D eigenvalue weighted by Crippen LogP contribution is 2.44. The fraction of sp³-hybridized carbons (Fsp3) is 0.375. The van der Waals surface area contributed by atoms with Gasteiger partial charge in [-0.1, -0.05) is 11.6 Å². The molecule has 1 aliphatic rings. The zero-order chi connectivity index (χ0) is 15.0. The highest BCUT2D eigenvalue weighted by Gasteiger charge is 2.29. The van der Waals surface area contributed by atoms with Gasteiger partial charge in [-0.3, -0.25) is 0 Å². The Labute approximate surface area is 138 Å². The van der Waals surface area contributed by atoms with E-state index in [-0.39, 0.29) is 0 Å². The Bertz CT molecular complexity index is 683. The summed E-state index contributed by atoms with van der Waals surface area (Å²) in [5, 5.41) is 4.05. The van der Waals surface area contributed by atoms with Gasteiger partial charge in [0, 0.05) is 23.0 Å². The number of halogens is 2. The van der Waals surface area contributed by atoms with E-state index in [1.54, 1.807) is 0 Å². The molecule has 1 N–H and O–H groups in total. The van der Waals surface area contributed by atoms with Crippen LogP contribution in [0.3, 0.4) is 0 Å². The van der Waals surface area contributed by atoms with Crippen LogP contribution in [0.1, 0.15) is 36.9 Å². The number of nitrogens with one attached hydrogen (secondary N) is 1. The Morgan fingerprint density at radius 1 is 1.33 bits per heavy atom. The van der Waals surface area contributed by atoms with Crippen molar-refractivity contribution in [3.63, 3.8) is 0 Å². The normalized spacial score (nSPS) is 14.3. The second-order valence-corrected chi connectivity index (χ2v) is 6.59. The largest absolute Gasteiger partial charge is 0.369 e. The first-order valence-electron chi connectivity index (χ1n) is 7.18. The van der Waals surface area contributed by atoms with Crippen LogP contribution in [0.5, 0.6) is 0 Å². The van der Waals surface area contributed by atoms with Crippen LogP contribution in [0.15, 0.2) is 22.7 Å². The van der Waals surface area contributed by atoms with E-state index < -0.39 is 0 Å². The molecule has 3 rings (SSSR count). The molecule has 1 saturated carbocycles. The maximum absolute atomic E-state index is 6.04. The summed E-state index contributed by atoms with van der Waals surface area (Å²) in [6.45, 7) is 4.94. The van der Waals surface area contributed by atoms with Gasteiger partial charge >= 0.3 is 0 Å². The molecular formula is C16H17BrClN3. The van der Waals surface area contributed by atoms with Crippen LogP contribution in [0.25, 0.3) is 11.4 Å². The lowest BCUT2D eigenvalue weighted by molar-refractivity contribution is 0.972. The monoisotopic (exact) mass is 365 g/mol. The molecule has 5 heteroatoms. The fourth-order valence-corrected chi connectivity index (χ4v) is 3.24. The van der Waals surface area contributed by atoms with Gasteiger partial charge in [0.1, 0.15) is 5.82 Å². The number of nitrogens with zero attached hydrogens (tertiary/aromatic N) is 2. The van der Waals surface area contributed by atoms with Crippen molar-refractivity contribution >= 4 is 33.3 Å². The van der Waals surface area contributed by atoms with Gasteiger partial charge in [-0.25, -0.2) is 9.97 Å². The Kier molecular flexibility index (Phi) is 4.18. The summed E-state index contributed by atoms with van der Waals surface area (Å²) in [6, 6.07) is 5.83. The lowest BCUT2D eigenvalue weighted by Gasteiger charge is -2.13. The summed E-state index contributed by atoms with van der Waals surface area (Å²) in [7, 11) is 0. The Hall–Kier alpha value is -1.13. The van der Waals surface area contributed by atoms with Crippen molar-refractivity contribution in [2.75, 3.05) is 11.9 Å². The number of benzene rings is 1. The molecule has 1 aromatic heterocycles. The maximum Gasteiger partial charge on any atom is 0.162 e. The second-order valence-electron chi connectivity index (χ2n) is 5.36. The number of rotatable bonds is 4. The van der Waals surface area contributed by atoms with Crippen molar-refractivity contribution in [3.05, 3.63) is 39.0 Å². The topological polar surface area (TPSA) is 37.8 Å². The summed E-state index contributed by atoms with van der Waals surface area (Å²) in [6.07, 6.45) is 2.42. The van der Waals surface area contributed by atoms with Crippen LogP contribution >= 0.6 is 27.5 Å². The lowest BCUT2D eigenvalue weighted by Crippen LogP contribution is -2.06. The van der Waals surface area contributed by atoms with Crippen molar-refractivity contribution in [3.8, 4) is 11.4 Å².